The van der Waals surface area contributed by atoms with E-state index in [1.165, 1.54) is 0 Å². The largest absolute Gasteiger partial charge is 0.367 e. The van der Waals surface area contributed by atoms with E-state index < -0.39 is 10.8 Å². The van der Waals surface area contributed by atoms with Crippen LogP contribution in [-0.4, -0.2) is 68.3 Å². The van der Waals surface area contributed by atoms with E-state index in [0.717, 1.165) is 30.0 Å². The Labute approximate surface area is 207 Å². The highest BCUT2D eigenvalue weighted by atomic mass is 32.2. The summed E-state index contributed by atoms with van der Waals surface area (Å²) in [6.45, 7) is 6.34. The molecule has 1 unspecified atom stereocenters. The van der Waals surface area contributed by atoms with Gasteiger partial charge in [0.25, 0.3) is 0 Å². The lowest BCUT2D eigenvalue weighted by Crippen LogP contribution is -2.48. The molecule has 4 heterocycles. The average Bonchev–Trinajstić information content (AvgIpc) is 2.84. The molecule has 0 aromatic carbocycles. The number of carbonyl (C=O) groups is 2. The Balaban J connectivity index is 1.40. The Bertz CT molecular complexity index is 1260. The van der Waals surface area contributed by atoms with E-state index in [0.29, 0.717) is 35.1 Å². The van der Waals surface area contributed by atoms with Crippen molar-refractivity contribution in [3.8, 4) is 11.3 Å². The van der Waals surface area contributed by atoms with Crippen LogP contribution in [0.3, 0.4) is 0 Å². The van der Waals surface area contributed by atoms with E-state index >= 15 is 0 Å². The molecule has 0 saturated carbocycles. The maximum atomic E-state index is 12.6. The zero-order valence-corrected chi connectivity index (χ0v) is 20.8. The Morgan fingerprint density at radius 1 is 1.03 bits per heavy atom. The molecule has 1 aliphatic heterocycles. The second kappa shape index (κ2) is 10.7. The Hall–Kier alpha value is -3.66. The summed E-state index contributed by atoms with van der Waals surface area (Å²) < 4.78 is 12.4. The van der Waals surface area contributed by atoms with Gasteiger partial charge in [-0.25, -0.2) is 4.98 Å². The van der Waals surface area contributed by atoms with Gasteiger partial charge in [0.1, 0.15) is 5.82 Å². The number of hydrogen-bond acceptors (Lipinski definition) is 7. The van der Waals surface area contributed by atoms with Crippen molar-refractivity contribution in [3.05, 3.63) is 60.2 Å². The highest BCUT2D eigenvalue weighted by Gasteiger charge is 2.19. The van der Waals surface area contributed by atoms with Crippen molar-refractivity contribution < 1.29 is 13.8 Å². The third kappa shape index (κ3) is 6.07. The van der Waals surface area contributed by atoms with Crippen LogP contribution in [0, 0.1) is 6.92 Å². The molecule has 0 aliphatic carbocycles. The van der Waals surface area contributed by atoms with Crippen molar-refractivity contribution in [2.75, 3.05) is 42.7 Å². The fourth-order valence-electron chi connectivity index (χ4n) is 4.01. The molecule has 3 aromatic heterocycles. The third-order valence-electron chi connectivity index (χ3n) is 5.86. The Morgan fingerprint density at radius 3 is 2.43 bits per heavy atom. The molecule has 0 radical (unpaired) electrons. The van der Waals surface area contributed by atoms with Crippen molar-refractivity contribution in [1.82, 2.24) is 19.9 Å². The summed E-state index contributed by atoms with van der Waals surface area (Å²) in [5, 5.41) is 2.81. The number of anilines is 2. The van der Waals surface area contributed by atoms with Crippen molar-refractivity contribution in [3.63, 3.8) is 0 Å². The number of piperazine rings is 1. The Morgan fingerprint density at radius 2 is 1.80 bits per heavy atom. The topological polar surface area (TPSA) is 108 Å². The smallest absolute Gasteiger partial charge is 0.230 e. The SMILES string of the molecule is CC(=O)N1CCN(c2ccc(NC(=O)Cc3cnc(-c4ccnc(C)c4)c(S(C)=O)c3)nc2)CC1. The monoisotopic (exact) mass is 492 g/mol. The lowest BCUT2D eigenvalue weighted by atomic mass is 10.1. The van der Waals surface area contributed by atoms with Gasteiger partial charge in [0, 0.05) is 63.0 Å². The van der Waals surface area contributed by atoms with Crippen LogP contribution in [0.15, 0.2) is 53.8 Å². The minimum Gasteiger partial charge on any atom is -0.367 e. The number of pyridine rings is 3. The number of aromatic nitrogens is 3. The van der Waals surface area contributed by atoms with Crippen LogP contribution in [0.1, 0.15) is 18.2 Å². The third-order valence-corrected chi connectivity index (χ3v) is 6.79. The molecule has 2 amide bonds. The van der Waals surface area contributed by atoms with E-state index in [1.54, 1.807) is 43.9 Å². The van der Waals surface area contributed by atoms with Crippen LogP contribution in [0.4, 0.5) is 11.5 Å². The van der Waals surface area contributed by atoms with E-state index in [1.807, 2.05) is 30.0 Å². The quantitative estimate of drug-likeness (QED) is 0.563. The first kappa shape index (κ1) is 24.5. The maximum Gasteiger partial charge on any atom is 0.230 e. The van der Waals surface area contributed by atoms with Crippen LogP contribution in [-0.2, 0) is 26.8 Å². The molecule has 1 aliphatic rings. The van der Waals surface area contributed by atoms with Crippen LogP contribution in [0.5, 0.6) is 0 Å². The lowest BCUT2D eigenvalue weighted by molar-refractivity contribution is -0.129. The lowest BCUT2D eigenvalue weighted by Gasteiger charge is -2.35. The molecule has 35 heavy (non-hydrogen) atoms. The summed E-state index contributed by atoms with van der Waals surface area (Å²) in [6.07, 6.45) is 6.75. The van der Waals surface area contributed by atoms with Crippen LogP contribution < -0.4 is 10.2 Å². The predicted molar refractivity (Wildman–Crippen MR) is 136 cm³/mol. The molecule has 1 N–H and O–H groups in total. The zero-order chi connectivity index (χ0) is 24.9. The first-order chi connectivity index (χ1) is 16.8. The van der Waals surface area contributed by atoms with Gasteiger partial charge in [-0.05, 0) is 42.8 Å². The van der Waals surface area contributed by atoms with Crippen molar-refractivity contribution in [2.45, 2.75) is 25.2 Å². The van der Waals surface area contributed by atoms with Gasteiger partial charge in [-0.2, -0.15) is 0 Å². The number of rotatable bonds is 6. The van der Waals surface area contributed by atoms with Crippen molar-refractivity contribution >= 4 is 34.1 Å². The summed E-state index contributed by atoms with van der Waals surface area (Å²) in [5.74, 6) is 0.315. The predicted octanol–water partition coefficient (Wildman–Crippen LogP) is 2.43. The van der Waals surface area contributed by atoms with Crippen LogP contribution in [0.25, 0.3) is 11.3 Å². The molecule has 9 nitrogen and oxygen atoms in total. The molecular weight excluding hydrogens is 464 g/mol. The summed E-state index contributed by atoms with van der Waals surface area (Å²) in [6, 6.07) is 9.17. The maximum absolute atomic E-state index is 12.6. The zero-order valence-electron chi connectivity index (χ0n) is 20.0. The highest BCUT2D eigenvalue weighted by molar-refractivity contribution is 7.84. The summed E-state index contributed by atoms with van der Waals surface area (Å²) in [5.41, 5.74) is 3.93. The number of hydrogen-bond donors (Lipinski definition) is 1. The minimum atomic E-state index is -1.27. The number of aryl methyl sites for hydroxylation is 1. The average molecular weight is 493 g/mol. The first-order valence-corrected chi connectivity index (χ1v) is 12.9. The molecule has 1 fully saturated rings. The highest BCUT2D eigenvalue weighted by Crippen LogP contribution is 2.25. The number of carbonyl (C=O) groups excluding carboxylic acids is 2. The molecule has 1 atom stereocenters. The molecule has 0 spiro atoms. The minimum absolute atomic E-state index is 0.0866. The summed E-state index contributed by atoms with van der Waals surface area (Å²) in [4.78, 5) is 41.8. The first-order valence-electron chi connectivity index (χ1n) is 11.3. The van der Waals surface area contributed by atoms with Gasteiger partial charge in [0.15, 0.2) is 0 Å². The second-order valence-corrected chi connectivity index (χ2v) is 9.80. The second-order valence-electron chi connectivity index (χ2n) is 8.45. The molecular formula is C25H28N6O3S. The van der Waals surface area contributed by atoms with Crippen molar-refractivity contribution in [1.29, 1.82) is 0 Å². The van der Waals surface area contributed by atoms with Gasteiger partial charge in [0.2, 0.25) is 11.8 Å². The van der Waals surface area contributed by atoms with Crippen LogP contribution >= 0.6 is 0 Å². The van der Waals surface area contributed by atoms with E-state index in [2.05, 4.69) is 25.2 Å². The number of nitrogens with zero attached hydrogens (tertiary/aromatic N) is 5. The summed E-state index contributed by atoms with van der Waals surface area (Å²) >= 11 is 0. The van der Waals surface area contributed by atoms with Gasteiger partial charge < -0.3 is 15.1 Å². The fraction of sp³-hybridized carbons (Fsp3) is 0.320. The molecule has 10 heteroatoms. The molecule has 1 saturated heterocycles. The number of amides is 2. The number of nitrogens with one attached hydrogen (secondary N) is 1. The summed E-state index contributed by atoms with van der Waals surface area (Å²) in [7, 11) is -1.27. The molecule has 0 bridgehead atoms. The van der Waals surface area contributed by atoms with Gasteiger partial charge >= 0.3 is 0 Å². The molecule has 4 rings (SSSR count). The fourth-order valence-corrected chi connectivity index (χ4v) is 4.77. The van der Waals surface area contributed by atoms with E-state index in [-0.39, 0.29) is 18.2 Å². The van der Waals surface area contributed by atoms with Crippen LogP contribution in [0.2, 0.25) is 0 Å². The van der Waals surface area contributed by atoms with Crippen molar-refractivity contribution in [2.24, 2.45) is 0 Å². The molecule has 182 valence electrons. The van der Waals surface area contributed by atoms with Gasteiger partial charge in [-0.15, -0.1) is 0 Å². The van der Waals surface area contributed by atoms with Gasteiger partial charge in [0.05, 0.1) is 39.7 Å². The molecule has 3 aromatic rings. The van der Waals surface area contributed by atoms with E-state index in [9.17, 15) is 13.8 Å². The van der Waals surface area contributed by atoms with E-state index in [4.69, 9.17) is 0 Å². The standard InChI is InChI=1S/C25H28N6O3S/c1-17-12-20(6-7-26-17)25-22(35(3)34)13-19(15-28-25)14-24(33)29-23-5-4-21(16-27-23)31-10-8-30(9-11-31)18(2)32/h4-7,12-13,15-16H,8-11,14H2,1-3H3,(H,27,29,33). The van der Waals surface area contributed by atoms with Gasteiger partial charge in [-0.1, -0.05) is 0 Å². The Kier molecular flexibility index (Phi) is 7.50. The normalized spacial score (nSPS) is 14.5. The van der Waals surface area contributed by atoms with Gasteiger partial charge in [-0.3, -0.25) is 23.8 Å².